The molecule has 6 N–H and O–H groups in total. The molecule has 390 valence electrons. The number of halogens is 2. The Morgan fingerprint density at radius 2 is 1.31 bits per heavy atom. The van der Waals surface area contributed by atoms with Crippen molar-refractivity contribution in [1.29, 1.82) is 0 Å². The largest absolute Gasteiger partial charge is 0.348 e. The van der Waals surface area contributed by atoms with Gasteiger partial charge in [-0.2, -0.15) is 0 Å². The van der Waals surface area contributed by atoms with Crippen LogP contribution in [0, 0.1) is 0 Å². The smallest absolute Gasteiger partial charge is 0.248 e. The molecule has 4 heterocycles. The van der Waals surface area contributed by atoms with E-state index >= 15 is 0 Å². The first-order chi connectivity index (χ1) is 33.1. The Kier molecular flexibility index (Phi) is 25.0. The third-order valence-corrected chi connectivity index (χ3v) is 13.1. The van der Waals surface area contributed by atoms with Gasteiger partial charge in [-0.15, -0.1) is 35.0 Å². The Morgan fingerprint density at radius 3 is 1.85 bits per heavy atom. The average molecular weight is 1030 g/mol. The molecule has 0 unspecified atom stereocenters. The normalized spacial score (nSPS) is 18.1. The highest BCUT2D eigenvalue weighted by molar-refractivity contribution is 5.94. The minimum absolute atomic E-state index is 0. The van der Waals surface area contributed by atoms with Gasteiger partial charge in [0.15, 0.2) is 5.78 Å². The van der Waals surface area contributed by atoms with Gasteiger partial charge in [-0.3, -0.25) is 28.8 Å². The van der Waals surface area contributed by atoms with Crippen LogP contribution in [0.2, 0.25) is 0 Å². The van der Waals surface area contributed by atoms with Gasteiger partial charge < -0.3 is 36.8 Å². The standard InChI is InChI=1S/C36H54N12O5.C14H19NO.2ClH/c1-22(27-13-9-8-10-14-27)39-35(52)30-17-12-18-46(30)36(53)33(41-34(51)23(2)38-7)25(4)48-21-29(43-45-48)16-11-15-28-20-47(44-42-28)24(3)32(26(5)49)40-31(50)19-37-6;1-11(12-6-3-2-4-7-12)10-14(16)13-8-5-9-15-13;;/h8-10,13-14,20-25,30,32-33,37-38H,11-12,15-19H2,1-7H3,(H,39,52)(H,40,50)(H,41,51);2-4,6-7,11,13,15H,5,8-10H2,1H3;2*1H/t22-,23+,24+,25+,30+,32+,33+;11-,13-;;/m10../s1. The number of nitrogens with one attached hydrogen (secondary N) is 6. The summed E-state index contributed by atoms with van der Waals surface area (Å²) in [6.07, 6.45) is 9.31. The fourth-order valence-electron chi connectivity index (χ4n) is 8.67. The number of carbonyl (C=O) groups excluding carboxylic acids is 6. The van der Waals surface area contributed by atoms with E-state index in [0.717, 1.165) is 30.6 Å². The summed E-state index contributed by atoms with van der Waals surface area (Å²) in [7, 11) is 3.32. The summed E-state index contributed by atoms with van der Waals surface area (Å²) in [6, 6.07) is 15.7. The van der Waals surface area contributed by atoms with Crippen molar-refractivity contribution in [3.63, 3.8) is 0 Å². The molecular weight excluding hydrogens is 950 g/mol. The molecular formula is C50H75Cl2N13O6. The van der Waals surface area contributed by atoms with Crippen molar-refractivity contribution in [3.8, 4) is 0 Å². The van der Waals surface area contributed by atoms with Crippen molar-refractivity contribution in [1.82, 2.24) is 66.8 Å². The maximum absolute atomic E-state index is 14.2. The summed E-state index contributed by atoms with van der Waals surface area (Å²) in [5.74, 6) is -0.721. The predicted octanol–water partition coefficient (Wildman–Crippen LogP) is 3.77. The molecule has 71 heavy (non-hydrogen) atoms. The van der Waals surface area contributed by atoms with Gasteiger partial charge in [0.1, 0.15) is 23.9 Å². The first-order valence-electron chi connectivity index (χ1n) is 24.3. The van der Waals surface area contributed by atoms with Gasteiger partial charge >= 0.3 is 0 Å². The van der Waals surface area contributed by atoms with Gasteiger partial charge in [0.05, 0.1) is 48.1 Å². The number of hydrogen-bond donors (Lipinski definition) is 6. The molecule has 19 nitrogen and oxygen atoms in total. The van der Waals surface area contributed by atoms with E-state index in [1.165, 1.54) is 12.5 Å². The van der Waals surface area contributed by atoms with Gasteiger partial charge in [0.2, 0.25) is 23.6 Å². The maximum atomic E-state index is 14.2. The lowest BCUT2D eigenvalue weighted by Gasteiger charge is -2.32. The lowest BCUT2D eigenvalue weighted by Crippen LogP contribution is -2.57. The fourth-order valence-corrected chi connectivity index (χ4v) is 8.67. The summed E-state index contributed by atoms with van der Waals surface area (Å²) in [5, 5.41) is 34.8. The summed E-state index contributed by atoms with van der Waals surface area (Å²) in [4.78, 5) is 78.7. The SMILES string of the molecule is CNCC(=O)N[C@H](C(C)=O)[C@H](C)n1cc(CCCc2cn([C@@H](C)[C@H](NC(=O)[C@H](C)NC)C(=O)N3CCC[C@H]3C(=O)N[C@H](C)c3ccccc3)nn2)nn1.C[C@@H](CC(=O)[C@@H]1CCCN1)c1ccccc1.Cl.Cl. The molecule has 21 heteroatoms. The second-order valence-corrected chi connectivity index (χ2v) is 18.4. The Bertz CT molecular complexity index is 2290. The predicted molar refractivity (Wildman–Crippen MR) is 276 cm³/mol. The molecule has 2 fully saturated rings. The number of carbonyl (C=O) groups is 6. The van der Waals surface area contributed by atoms with Crippen molar-refractivity contribution in [2.75, 3.05) is 33.7 Å². The van der Waals surface area contributed by atoms with Crippen molar-refractivity contribution in [2.24, 2.45) is 0 Å². The summed E-state index contributed by atoms with van der Waals surface area (Å²) >= 11 is 0. The van der Waals surface area contributed by atoms with Crippen molar-refractivity contribution >= 4 is 60.0 Å². The third kappa shape index (κ3) is 17.3. The first kappa shape index (κ1) is 59.7. The number of aryl methyl sites for hydroxylation is 2. The molecule has 2 saturated heterocycles. The number of ketones is 2. The van der Waals surface area contributed by atoms with E-state index in [2.05, 4.69) is 71.6 Å². The minimum atomic E-state index is -1.01. The van der Waals surface area contributed by atoms with Crippen LogP contribution >= 0.6 is 24.8 Å². The number of likely N-dealkylation sites (tertiary alicyclic amines) is 1. The second-order valence-electron chi connectivity index (χ2n) is 18.4. The monoisotopic (exact) mass is 1020 g/mol. The lowest BCUT2D eigenvalue weighted by atomic mass is 9.93. The van der Waals surface area contributed by atoms with Crippen LogP contribution in [0.25, 0.3) is 0 Å². The quantitative estimate of drug-likeness (QED) is 0.0622. The molecule has 6 rings (SSSR count). The Balaban J connectivity index is 0.000000624. The van der Waals surface area contributed by atoms with Crippen LogP contribution in [0.15, 0.2) is 73.1 Å². The number of likely N-dealkylation sites (N-methyl/N-ethyl adjacent to an activating group) is 2. The number of amides is 4. The van der Waals surface area contributed by atoms with Crippen LogP contribution in [-0.4, -0.2) is 134 Å². The Labute approximate surface area is 430 Å². The van der Waals surface area contributed by atoms with E-state index in [9.17, 15) is 28.8 Å². The topological polar surface area (TPSA) is 239 Å². The van der Waals surface area contributed by atoms with E-state index < -0.39 is 36.3 Å². The van der Waals surface area contributed by atoms with Gasteiger partial charge in [-0.1, -0.05) is 78.0 Å². The molecule has 9 atom stereocenters. The molecule has 0 spiro atoms. The number of hydrogen-bond acceptors (Lipinski definition) is 13. The van der Waals surface area contributed by atoms with Gasteiger partial charge in [0, 0.05) is 25.4 Å². The first-order valence-corrected chi connectivity index (χ1v) is 24.3. The van der Waals surface area contributed by atoms with Crippen molar-refractivity contribution in [2.45, 2.75) is 147 Å². The van der Waals surface area contributed by atoms with Crippen LogP contribution in [0.3, 0.4) is 0 Å². The number of Topliss-reactive ketones (excluding diaryl/α,β-unsaturated/α-hetero) is 2. The summed E-state index contributed by atoms with van der Waals surface area (Å²) in [6.45, 7) is 12.2. The van der Waals surface area contributed by atoms with Crippen LogP contribution < -0.4 is 31.9 Å². The van der Waals surface area contributed by atoms with Crippen LogP contribution in [0.1, 0.15) is 127 Å². The maximum Gasteiger partial charge on any atom is 0.248 e. The van der Waals surface area contributed by atoms with E-state index in [1.54, 1.807) is 61.5 Å². The molecule has 0 aliphatic carbocycles. The number of aromatic nitrogens is 6. The Hall–Kier alpha value is -5.60. The van der Waals surface area contributed by atoms with Crippen LogP contribution in [0.4, 0.5) is 0 Å². The van der Waals surface area contributed by atoms with E-state index in [4.69, 9.17) is 0 Å². The van der Waals surface area contributed by atoms with Crippen molar-refractivity contribution in [3.05, 3.63) is 95.6 Å². The molecule has 0 radical (unpaired) electrons. The summed E-state index contributed by atoms with van der Waals surface area (Å²) < 4.78 is 3.16. The molecule has 2 aromatic carbocycles. The second kappa shape index (κ2) is 29.7. The number of benzene rings is 2. The number of nitrogens with zero attached hydrogens (tertiary/aromatic N) is 7. The third-order valence-electron chi connectivity index (χ3n) is 13.1. The van der Waals surface area contributed by atoms with E-state index in [1.807, 2.05) is 55.5 Å². The molecule has 0 saturated carbocycles. The van der Waals surface area contributed by atoms with Gasteiger partial charge in [0.25, 0.3) is 0 Å². The molecule has 2 aliphatic rings. The average Bonchev–Trinajstić information content (AvgIpc) is 4.21. The highest BCUT2D eigenvalue weighted by atomic mass is 35.5. The zero-order valence-corrected chi connectivity index (χ0v) is 43.9. The highest BCUT2D eigenvalue weighted by Crippen LogP contribution is 2.25. The van der Waals surface area contributed by atoms with Crippen LogP contribution in [-0.2, 0) is 41.6 Å². The molecule has 4 amide bonds. The number of rotatable bonds is 23. The lowest BCUT2D eigenvalue weighted by molar-refractivity contribution is -0.142. The molecule has 0 bridgehead atoms. The zero-order chi connectivity index (χ0) is 50.0. The van der Waals surface area contributed by atoms with Gasteiger partial charge in [-0.25, -0.2) is 9.36 Å². The highest BCUT2D eigenvalue weighted by Gasteiger charge is 2.41. The van der Waals surface area contributed by atoms with Crippen molar-refractivity contribution < 1.29 is 28.8 Å². The van der Waals surface area contributed by atoms with E-state index in [-0.39, 0.29) is 72.9 Å². The zero-order valence-electron chi connectivity index (χ0n) is 42.3. The molecule has 2 aliphatic heterocycles. The Morgan fingerprint density at radius 1 is 0.732 bits per heavy atom. The summed E-state index contributed by atoms with van der Waals surface area (Å²) in [5.41, 5.74) is 3.63. The van der Waals surface area contributed by atoms with E-state index in [0.29, 0.717) is 62.5 Å². The van der Waals surface area contributed by atoms with Crippen LogP contribution in [0.5, 0.6) is 0 Å². The minimum Gasteiger partial charge on any atom is -0.348 e. The molecule has 4 aromatic rings. The molecule has 2 aromatic heterocycles. The fraction of sp³-hybridized carbons (Fsp3) is 0.560. The van der Waals surface area contributed by atoms with Gasteiger partial charge in [-0.05, 0) is 117 Å².